The normalized spacial score (nSPS) is 14.2. The van der Waals surface area contributed by atoms with E-state index < -0.39 is 18.5 Å². The Hall–Kier alpha value is -2.84. The molecule has 0 saturated heterocycles. The third-order valence-corrected chi connectivity index (χ3v) is 8.34. The molecule has 8 heteroatoms. The summed E-state index contributed by atoms with van der Waals surface area (Å²) in [4.78, 5) is 2.07. The molecule has 0 radical (unpaired) electrons. The van der Waals surface area contributed by atoms with Crippen LogP contribution in [0.25, 0.3) is 11.1 Å². The Bertz CT molecular complexity index is 1270. The smallest absolute Gasteiger partial charge is 0.453 e. The second-order valence-corrected chi connectivity index (χ2v) is 11.5. The quantitative estimate of drug-likeness (QED) is 0.146. The molecular formula is C33H36F5NOS. The first-order valence-electron chi connectivity index (χ1n) is 14.0. The number of nitrogens with zero attached hydrogens (tertiary/aromatic N) is 1. The average Bonchev–Trinajstić information content (AvgIpc) is 3.15. The summed E-state index contributed by atoms with van der Waals surface area (Å²) in [7, 11) is 1.94. The summed E-state index contributed by atoms with van der Waals surface area (Å²) in [6.07, 6.45) is -2.79. The van der Waals surface area contributed by atoms with Crippen LogP contribution in [0.15, 0.2) is 78.9 Å². The zero-order valence-corrected chi connectivity index (χ0v) is 24.0. The summed E-state index contributed by atoms with van der Waals surface area (Å²) in [5.41, 5.74) is 7.70. The number of hydrogen-bond donors (Lipinski definition) is 0. The minimum absolute atomic E-state index is 0.218. The maximum atomic E-state index is 13.0. The number of likely N-dealkylation sites (N-methyl/N-ethyl adjacent to an activating group) is 1. The predicted molar refractivity (Wildman–Crippen MR) is 159 cm³/mol. The number of aryl methyl sites for hydroxylation is 1. The fourth-order valence-electron chi connectivity index (χ4n) is 5.01. The van der Waals surface area contributed by atoms with E-state index in [9.17, 15) is 22.0 Å². The van der Waals surface area contributed by atoms with Crippen LogP contribution >= 0.6 is 11.8 Å². The standard InChI is InChI=1S/C33H36F5NOS/c1-39(20-8-23-41-24-19-32(34,35)33(36,37)38)21-22-40-28-17-15-27(16-18-28)31-29-13-6-5-11-26(29)12-7-14-30(31)25-9-3-2-4-10-25/h2-6,9-11,13,15-18H,7-8,12,14,19-24H2,1H3. The van der Waals surface area contributed by atoms with E-state index in [-0.39, 0.29) is 5.75 Å². The minimum Gasteiger partial charge on any atom is -0.492 e. The molecular weight excluding hydrogens is 553 g/mol. The fraction of sp³-hybridized carbons (Fsp3) is 0.394. The van der Waals surface area contributed by atoms with Gasteiger partial charge >= 0.3 is 12.1 Å². The van der Waals surface area contributed by atoms with Crippen molar-refractivity contribution in [3.05, 3.63) is 101 Å². The molecule has 1 aliphatic carbocycles. The second kappa shape index (κ2) is 14.4. The van der Waals surface area contributed by atoms with E-state index in [1.54, 1.807) is 0 Å². The largest absolute Gasteiger partial charge is 0.492 e. The highest BCUT2D eigenvalue weighted by atomic mass is 32.2. The highest BCUT2D eigenvalue weighted by Crippen LogP contribution is 2.40. The maximum Gasteiger partial charge on any atom is 0.453 e. The average molecular weight is 590 g/mol. The monoisotopic (exact) mass is 589 g/mol. The molecule has 0 aliphatic heterocycles. The number of alkyl halides is 5. The van der Waals surface area contributed by atoms with Crippen molar-refractivity contribution >= 4 is 22.9 Å². The molecule has 4 rings (SSSR count). The van der Waals surface area contributed by atoms with Gasteiger partial charge in [-0.05, 0) is 96.3 Å². The first kappa shape index (κ1) is 31.1. The van der Waals surface area contributed by atoms with Gasteiger partial charge in [0.1, 0.15) is 12.4 Å². The van der Waals surface area contributed by atoms with Gasteiger partial charge in [-0.3, -0.25) is 0 Å². The van der Waals surface area contributed by atoms with Gasteiger partial charge in [-0.2, -0.15) is 33.7 Å². The van der Waals surface area contributed by atoms with Crippen LogP contribution < -0.4 is 4.74 Å². The van der Waals surface area contributed by atoms with Gasteiger partial charge < -0.3 is 9.64 Å². The molecule has 0 heterocycles. The van der Waals surface area contributed by atoms with Crippen molar-refractivity contribution in [3.63, 3.8) is 0 Å². The van der Waals surface area contributed by atoms with Crippen molar-refractivity contribution in [2.75, 3.05) is 38.2 Å². The van der Waals surface area contributed by atoms with Gasteiger partial charge in [-0.15, -0.1) is 0 Å². The van der Waals surface area contributed by atoms with Gasteiger partial charge in [0.15, 0.2) is 0 Å². The lowest BCUT2D eigenvalue weighted by Gasteiger charge is -2.19. The summed E-state index contributed by atoms with van der Waals surface area (Å²) in [5.74, 6) is -3.52. The minimum atomic E-state index is -5.48. The molecule has 1 aliphatic rings. The van der Waals surface area contributed by atoms with Crippen LogP contribution in [0.5, 0.6) is 5.75 Å². The third kappa shape index (κ3) is 8.58. The lowest BCUT2D eigenvalue weighted by atomic mass is 9.88. The van der Waals surface area contributed by atoms with Crippen LogP contribution in [0.2, 0.25) is 0 Å². The first-order valence-corrected chi connectivity index (χ1v) is 15.1. The number of halogens is 5. The second-order valence-electron chi connectivity index (χ2n) is 10.3. The van der Waals surface area contributed by atoms with Gasteiger partial charge in [0.05, 0.1) is 0 Å². The molecule has 0 bridgehead atoms. The Morgan fingerprint density at radius 3 is 2.22 bits per heavy atom. The Balaban J connectivity index is 1.29. The van der Waals surface area contributed by atoms with Crippen molar-refractivity contribution in [1.82, 2.24) is 4.90 Å². The topological polar surface area (TPSA) is 12.5 Å². The predicted octanol–water partition coefficient (Wildman–Crippen LogP) is 9.00. The highest BCUT2D eigenvalue weighted by molar-refractivity contribution is 7.99. The van der Waals surface area contributed by atoms with Crippen molar-refractivity contribution < 1.29 is 26.7 Å². The van der Waals surface area contributed by atoms with Gasteiger partial charge in [0, 0.05) is 13.0 Å². The summed E-state index contributed by atoms with van der Waals surface area (Å²) >= 11 is 1.13. The molecule has 3 aromatic rings. The Morgan fingerprint density at radius 1 is 0.780 bits per heavy atom. The number of thioether (sulfide) groups is 1. The van der Waals surface area contributed by atoms with Gasteiger partial charge in [0.25, 0.3) is 0 Å². The molecule has 0 amide bonds. The molecule has 0 saturated carbocycles. The molecule has 0 atom stereocenters. The van der Waals surface area contributed by atoms with E-state index in [4.69, 9.17) is 4.74 Å². The van der Waals surface area contributed by atoms with Crippen molar-refractivity contribution in [1.29, 1.82) is 0 Å². The van der Waals surface area contributed by atoms with Crippen LogP contribution in [-0.2, 0) is 6.42 Å². The maximum absolute atomic E-state index is 13.0. The highest BCUT2D eigenvalue weighted by Gasteiger charge is 2.56. The zero-order chi connectivity index (χ0) is 29.3. The van der Waals surface area contributed by atoms with E-state index in [1.807, 2.05) is 25.2 Å². The SMILES string of the molecule is CN(CCCSCCC(F)(F)C(F)(F)F)CCOc1ccc(C2=C(c3ccccc3)CCCc3ccccc32)cc1. The first-order chi connectivity index (χ1) is 19.7. The van der Waals surface area contributed by atoms with E-state index >= 15 is 0 Å². The van der Waals surface area contributed by atoms with Gasteiger partial charge in [-0.1, -0.05) is 66.7 Å². The Labute approximate surface area is 243 Å². The molecule has 0 N–H and O–H groups in total. The molecule has 0 unspecified atom stereocenters. The Kier molecular flexibility index (Phi) is 10.9. The summed E-state index contributed by atoms with van der Waals surface area (Å²) in [6.45, 7) is 1.87. The number of rotatable bonds is 13. The van der Waals surface area contributed by atoms with Crippen LogP contribution in [0.4, 0.5) is 22.0 Å². The number of hydrogen-bond acceptors (Lipinski definition) is 3. The molecule has 41 heavy (non-hydrogen) atoms. The molecule has 3 aromatic carbocycles. The van der Waals surface area contributed by atoms with Crippen molar-refractivity contribution in [2.24, 2.45) is 0 Å². The van der Waals surface area contributed by atoms with E-state index in [2.05, 4.69) is 65.6 Å². The fourth-order valence-corrected chi connectivity index (χ4v) is 5.95. The molecule has 0 spiro atoms. The summed E-state index contributed by atoms with van der Waals surface area (Å²) in [6, 6.07) is 27.5. The summed E-state index contributed by atoms with van der Waals surface area (Å²) in [5, 5.41) is 0. The number of allylic oxidation sites excluding steroid dienone is 1. The number of fused-ring (bicyclic) bond motifs is 1. The Morgan fingerprint density at radius 2 is 1.49 bits per heavy atom. The van der Waals surface area contributed by atoms with Crippen LogP contribution in [-0.4, -0.2) is 55.2 Å². The molecule has 220 valence electrons. The molecule has 2 nitrogen and oxygen atoms in total. The third-order valence-electron chi connectivity index (χ3n) is 7.27. The number of ether oxygens (including phenoxy) is 1. The van der Waals surface area contributed by atoms with Gasteiger partial charge in [-0.25, -0.2) is 0 Å². The van der Waals surface area contributed by atoms with Gasteiger partial charge in [0.2, 0.25) is 0 Å². The summed E-state index contributed by atoms with van der Waals surface area (Å²) < 4.78 is 68.6. The zero-order valence-electron chi connectivity index (χ0n) is 23.2. The molecule has 0 fully saturated rings. The van der Waals surface area contributed by atoms with E-state index in [0.29, 0.717) is 31.9 Å². The number of benzene rings is 3. The van der Waals surface area contributed by atoms with E-state index in [0.717, 1.165) is 42.3 Å². The van der Waals surface area contributed by atoms with Crippen molar-refractivity contribution in [3.8, 4) is 5.75 Å². The molecule has 0 aromatic heterocycles. The van der Waals surface area contributed by atoms with Crippen LogP contribution in [0.3, 0.4) is 0 Å². The van der Waals surface area contributed by atoms with Crippen LogP contribution in [0.1, 0.15) is 47.9 Å². The van der Waals surface area contributed by atoms with E-state index in [1.165, 1.54) is 27.8 Å². The lowest BCUT2D eigenvalue weighted by molar-refractivity contribution is -0.282. The van der Waals surface area contributed by atoms with Crippen LogP contribution in [0, 0.1) is 0 Å². The lowest BCUT2D eigenvalue weighted by Crippen LogP contribution is -2.36. The van der Waals surface area contributed by atoms with Crippen molar-refractivity contribution in [2.45, 2.75) is 44.2 Å².